The van der Waals surface area contributed by atoms with Crippen LogP contribution in [0.1, 0.15) is 19.4 Å². The summed E-state index contributed by atoms with van der Waals surface area (Å²) in [5.41, 5.74) is 5.96. The Kier molecular flexibility index (Phi) is 5.50. The normalized spacial score (nSPS) is 19.7. The van der Waals surface area contributed by atoms with Crippen LogP contribution in [0.25, 0.3) is 0 Å². The zero-order valence-electron chi connectivity index (χ0n) is 12.3. The van der Waals surface area contributed by atoms with E-state index < -0.39 is 5.82 Å². The van der Waals surface area contributed by atoms with E-state index in [0.717, 1.165) is 13.1 Å². The van der Waals surface area contributed by atoms with E-state index >= 15 is 0 Å². The number of thiocarbonyl (C=S) groups is 1. The molecule has 0 aliphatic carbocycles. The number of hydrogen-bond donors (Lipinski definition) is 1. The summed E-state index contributed by atoms with van der Waals surface area (Å²) < 4.78 is 25.1. The molecule has 1 aromatic carbocycles. The Morgan fingerprint density at radius 2 is 2.33 bits per heavy atom. The first-order chi connectivity index (χ1) is 9.97. The van der Waals surface area contributed by atoms with Crippen LogP contribution < -0.4 is 10.5 Å². The first kappa shape index (κ1) is 16.1. The summed E-state index contributed by atoms with van der Waals surface area (Å²) in [6, 6.07) is 4.97. The van der Waals surface area contributed by atoms with Crippen LogP contribution >= 0.6 is 12.2 Å². The zero-order chi connectivity index (χ0) is 15.4. The van der Waals surface area contributed by atoms with Gasteiger partial charge in [0.1, 0.15) is 17.7 Å². The van der Waals surface area contributed by atoms with E-state index in [1.807, 2.05) is 0 Å². The molecule has 21 heavy (non-hydrogen) atoms. The van der Waals surface area contributed by atoms with Crippen molar-refractivity contribution in [3.8, 4) is 5.75 Å². The van der Waals surface area contributed by atoms with Gasteiger partial charge in [0.2, 0.25) is 0 Å². The van der Waals surface area contributed by atoms with Gasteiger partial charge in [0, 0.05) is 24.7 Å². The lowest BCUT2D eigenvalue weighted by atomic mass is 10.2. The fourth-order valence-corrected chi connectivity index (χ4v) is 2.39. The maximum atomic E-state index is 13.9. The molecule has 4 nitrogen and oxygen atoms in total. The van der Waals surface area contributed by atoms with Crippen molar-refractivity contribution in [3.05, 3.63) is 29.6 Å². The van der Waals surface area contributed by atoms with Gasteiger partial charge in [0.05, 0.1) is 6.61 Å². The van der Waals surface area contributed by atoms with Crippen molar-refractivity contribution in [3.63, 3.8) is 0 Å². The van der Waals surface area contributed by atoms with Gasteiger partial charge in [0.15, 0.2) is 11.6 Å². The molecule has 1 unspecified atom stereocenters. The Balaban J connectivity index is 1.92. The van der Waals surface area contributed by atoms with Crippen LogP contribution in [0, 0.1) is 5.82 Å². The molecule has 0 aromatic heterocycles. The van der Waals surface area contributed by atoms with Gasteiger partial charge < -0.3 is 15.2 Å². The summed E-state index contributed by atoms with van der Waals surface area (Å²) in [6.45, 7) is 7.02. The number of halogens is 1. The maximum absolute atomic E-state index is 13.9. The molecule has 116 valence electrons. The highest BCUT2D eigenvalue weighted by atomic mass is 32.1. The monoisotopic (exact) mass is 312 g/mol. The first-order valence-corrected chi connectivity index (χ1v) is 7.46. The molecule has 1 heterocycles. The van der Waals surface area contributed by atoms with Gasteiger partial charge >= 0.3 is 0 Å². The molecule has 1 atom stereocenters. The third-order valence-electron chi connectivity index (χ3n) is 3.54. The van der Waals surface area contributed by atoms with Crippen LogP contribution in [0.2, 0.25) is 0 Å². The fraction of sp³-hybridized carbons (Fsp3) is 0.533. The van der Waals surface area contributed by atoms with E-state index in [2.05, 4.69) is 18.7 Å². The molecular weight excluding hydrogens is 291 g/mol. The second kappa shape index (κ2) is 7.15. The number of ether oxygens (including phenoxy) is 2. The molecule has 0 spiro atoms. The van der Waals surface area contributed by atoms with Crippen molar-refractivity contribution in [2.24, 2.45) is 5.73 Å². The van der Waals surface area contributed by atoms with Crippen molar-refractivity contribution in [2.45, 2.75) is 26.0 Å². The molecule has 2 rings (SSSR count). The van der Waals surface area contributed by atoms with Crippen LogP contribution in [0.5, 0.6) is 5.75 Å². The van der Waals surface area contributed by atoms with Crippen LogP contribution in [-0.4, -0.2) is 48.3 Å². The van der Waals surface area contributed by atoms with Crippen molar-refractivity contribution in [1.82, 2.24) is 4.90 Å². The van der Waals surface area contributed by atoms with Gasteiger partial charge in [-0.2, -0.15) is 0 Å². The minimum atomic E-state index is -0.461. The average Bonchev–Trinajstić information content (AvgIpc) is 2.46. The minimum absolute atomic E-state index is 0.0455. The first-order valence-electron chi connectivity index (χ1n) is 7.05. The topological polar surface area (TPSA) is 47.7 Å². The van der Waals surface area contributed by atoms with E-state index in [4.69, 9.17) is 27.4 Å². The molecule has 6 heteroatoms. The van der Waals surface area contributed by atoms with Crippen LogP contribution in [0.3, 0.4) is 0 Å². The number of morpholine rings is 1. The number of rotatable bonds is 5. The zero-order valence-corrected chi connectivity index (χ0v) is 13.2. The summed E-state index contributed by atoms with van der Waals surface area (Å²) in [5.74, 6) is -0.267. The standard InChI is InChI=1S/C15H21FN2O2S/c1-10(2)18-5-6-19-12(8-18)9-20-14-4-3-11(15(17)21)7-13(14)16/h3-4,7,10,12H,5-6,8-9H2,1-2H3,(H2,17,21). The summed E-state index contributed by atoms with van der Waals surface area (Å²) in [6.07, 6.45) is -0.0455. The van der Waals surface area contributed by atoms with Crippen molar-refractivity contribution < 1.29 is 13.9 Å². The quantitative estimate of drug-likeness (QED) is 0.842. The molecule has 0 saturated carbocycles. The molecule has 1 aliphatic heterocycles. The Bertz CT molecular complexity index is 510. The van der Waals surface area contributed by atoms with Gasteiger partial charge in [0.25, 0.3) is 0 Å². The molecule has 0 amide bonds. The molecular formula is C15H21FN2O2S. The molecule has 1 fully saturated rings. The summed E-state index contributed by atoms with van der Waals surface area (Å²) in [5, 5.41) is 0. The largest absolute Gasteiger partial charge is 0.488 e. The molecule has 1 aliphatic rings. The van der Waals surface area contributed by atoms with Gasteiger partial charge in [-0.1, -0.05) is 12.2 Å². The molecule has 0 radical (unpaired) electrons. The summed E-state index contributed by atoms with van der Waals surface area (Å²) >= 11 is 4.81. The average molecular weight is 312 g/mol. The molecule has 1 aromatic rings. The van der Waals surface area contributed by atoms with Crippen molar-refractivity contribution in [1.29, 1.82) is 0 Å². The van der Waals surface area contributed by atoms with Crippen molar-refractivity contribution in [2.75, 3.05) is 26.3 Å². The van der Waals surface area contributed by atoms with E-state index in [-0.39, 0.29) is 16.8 Å². The van der Waals surface area contributed by atoms with E-state index in [1.165, 1.54) is 6.07 Å². The predicted molar refractivity (Wildman–Crippen MR) is 84.2 cm³/mol. The lowest BCUT2D eigenvalue weighted by Crippen LogP contribution is -2.47. The molecule has 0 bridgehead atoms. The van der Waals surface area contributed by atoms with Gasteiger partial charge in [-0.3, -0.25) is 4.90 Å². The number of hydrogen-bond acceptors (Lipinski definition) is 4. The van der Waals surface area contributed by atoms with Crippen LogP contribution in [0.15, 0.2) is 18.2 Å². The highest BCUT2D eigenvalue weighted by Crippen LogP contribution is 2.19. The Morgan fingerprint density at radius 3 is 2.95 bits per heavy atom. The predicted octanol–water partition coefficient (Wildman–Crippen LogP) is 1.95. The smallest absolute Gasteiger partial charge is 0.165 e. The highest BCUT2D eigenvalue weighted by Gasteiger charge is 2.23. The van der Waals surface area contributed by atoms with Crippen LogP contribution in [-0.2, 0) is 4.74 Å². The summed E-state index contributed by atoms with van der Waals surface area (Å²) in [7, 11) is 0. The second-order valence-corrected chi connectivity index (χ2v) is 5.84. The third kappa shape index (κ3) is 4.36. The van der Waals surface area contributed by atoms with E-state index in [9.17, 15) is 4.39 Å². The van der Waals surface area contributed by atoms with Crippen LogP contribution in [0.4, 0.5) is 4.39 Å². The number of nitrogens with two attached hydrogens (primary N) is 1. The Morgan fingerprint density at radius 1 is 1.57 bits per heavy atom. The van der Waals surface area contributed by atoms with Gasteiger partial charge in [-0.15, -0.1) is 0 Å². The Labute approximate surface area is 130 Å². The van der Waals surface area contributed by atoms with E-state index in [1.54, 1.807) is 12.1 Å². The Hall–Kier alpha value is -1.24. The van der Waals surface area contributed by atoms with Gasteiger partial charge in [-0.05, 0) is 32.0 Å². The second-order valence-electron chi connectivity index (χ2n) is 5.40. The molecule has 1 saturated heterocycles. The lowest BCUT2D eigenvalue weighted by Gasteiger charge is -2.35. The SMILES string of the molecule is CC(C)N1CCOC(COc2ccc(C(N)=S)cc2F)C1. The maximum Gasteiger partial charge on any atom is 0.165 e. The lowest BCUT2D eigenvalue weighted by molar-refractivity contribution is -0.0568. The highest BCUT2D eigenvalue weighted by molar-refractivity contribution is 7.80. The van der Waals surface area contributed by atoms with Crippen molar-refractivity contribution >= 4 is 17.2 Å². The molecule has 2 N–H and O–H groups in total. The van der Waals surface area contributed by atoms with E-state index in [0.29, 0.717) is 24.8 Å². The fourth-order valence-electron chi connectivity index (χ4n) is 2.27. The van der Waals surface area contributed by atoms with Gasteiger partial charge in [-0.25, -0.2) is 4.39 Å². The third-order valence-corrected chi connectivity index (χ3v) is 3.78. The number of nitrogens with zero attached hydrogens (tertiary/aromatic N) is 1. The number of benzene rings is 1. The summed E-state index contributed by atoms with van der Waals surface area (Å²) in [4.78, 5) is 2.49. The minimum Gasteiger partial charge on any atom is -0.488 e.